The molecule has 0 aromatic rings. The maximum atomic E-state index is 11.6. The first-order valence-corrected chi connectivity index (χ1v) is 5.23. The first-order chi connectivity index (χ1) is 6.25. The number of hydrogen-bond acceptors (Lipinski definition) is 1. The predicted octanol–water partition coefficient (Wildman–Crippen LogP) is 2.35. The summed E-state index contributed by atoms with van der Waals surface area (Å²) in [5.74, 6) is 0.193. The minimum Gasteiger partial charge on any atom is -0.336 e. The van der Waals surface area contributed by atoms with Crippen molar-refractivity contribution in [1.29, 1.82) is 0 Å². The lowest BCUT2D eigenvalue weighted by atomic mass is 10.2. The van der Waals surface area contributed by atoms with E-state index in [1.54, 1.807) is 6.08 Å². The van der Waals surface area contributed by atoms with Gasteiger partial charge in [-0.1, -0.05) is 19.4 Å². The third kappa shape index (κ3) is 2.87. The van der Waals surface area contributed by atoms with Gasteiger partial charge in [0.2, 0.25) is 5.91 Å². The van der Waals surface area contributed by atoms with E-state index in [4.69, 9.17) is 0 Å². The molecule has 1 unspecified atom stereocenters. The fourth-order valence-electron chi connectivity index (χ4n) is 1.71. The molecule has 0 aliphatic carbocycles. The third-order valence-electron chi connectivity index (χ3n) is 2.55. The molecule has 0 aromatic carbocycles. The van der Waals surface area contributed by atoms with Gasteiger partial charge in [-0.05, 0) is 32.3 Å². The van der Waals surface area contributed by atoms with Crippen molar-refractivity contribution in [3.8, 4) is 0 Å². The topological polar surface area (TPSA) is 20.3 Å². The minimum atomic E-state index is 0.193. The highest BCUT2D eigenvalue weighted by molar-refractivity contribution is 5.87. The molecule has 0 spiro atoms. The summed E-state index contributed by atoms with van der Waals surface area (Å²) in [7, 11) is 0. The predicted molar refractivity (Wildman–Crippen MR) is 54.5 cm³/mol. The molecule has 2 heteroatoms. The van der Waals surface area contributed by atoms with E-state index in [1.807, 2.05) is 11.0 Å². The van der Waals surface area contributed by atoms with Gasteiger partial charge in [0.25, 0.3) is 0 Å². The van der Waals surface area contributed by atoms with Crippen LogP contribution in [0.4, 0.5) is 0 Å². The molecule has 0 N–H and O–H groups in total. The monoisotopic (exact) mass is 181 g/mol. The molecule has 2 nitrogen and oxygen atoms in total. The average Bonchev–Trinajstić information content (AvgIpc) is 2.52. The molecule has 1 rings (SSSR count). The molecule has 0 bridgehead atoms. The van der Waals surface area contributed by atoms with Crippen LogP contribution in [-0.2, 0) is 4.79 Å². The van der Waals surface area contributed by atoms with Crippen LogP contribution in [0.1, 0.15) is 39.5 Å². The first-order valence-electron chi connectivity index (χ1n) is 5.23. The fourth-order valence-corrected chi connectivity index (χ4v) is 1.71. The van der Waals surface area contributed by atoms with Crippen LogP contribution in [-0.4, -0.2) is 23.4 Å². The van der Waals surface area contributed by atoms with Crippen LogP contribution in [0.15, 0.2) is 12.2 Å². The summed E-state index contributed by atoms with van der Waals surface area (Å²) in [5, 5.41) is 0. The van der Waals surface area contributed by atoms with Crippen molar-refractivity contribution < 1.29 is 4.79 Å². The molecule has 1 heterocycles. The highest BCUT2D eigenvalue weighted by atomic mass is 16.2. The lowest BCUT2D eigenvalue weighted by molar-refractivity contribution is -0.126. The molecule has 13 heavy (non-hydrogen) atoms. The summed E-state index contributed by atoms with van der Waals surface area (Å²) in [4.78, 5) is 13.5. The highest BCUT2D eigenvalue weighted by Gasteiger charge is 2.22. The first kappa shape index (κ1) is 10.3. The van der Waals surface area contributed by atoms with Crippen molar-refractivity contribution in [3.05, 3.63) is 12.2 Å². The second-order valence-electron chi connectivity index (χ2n) is 3.71. The smallest absolute Gasteiger partial charge is 0.246 e. The second-order valence-corrected chi connectivity index (χ2v) is 3.71. The van der Waals surface area contributed by atoms with Gasteiger partial charge in [0.05, 0.1) is 0 Å². The van der Waals surface area contributed by atoms with Crippen molar-refractivity contribution in [2.24, 2.45) is 0 Å². The Hall–Kier alpha value is -0.790. The Morgan fingerprint density at radius 3 is 2.92 bits per heavy atom. The number of unbranched alkanes of at least 4 members (excludes halogenated alkanes) is 1. The molecule has 0 saturated carbocycles. The Bertz CT molecular complexity index is 198. The molecule has 1 aliphatic rings. The average molecular weight is 181 g/mol. The van der Waals surface area contributed by atoms with Gasteiger partial charge in [-0.15, -0.1) is 0 Å². The molecular formula is C11H19NO. The minimum absolute atomic E-state index is 0.193. The van der Waals surface area contributed by atoms with Crippen LogP contribution < -0.4 is 0 Å². The Morgan fingerprint density at radius 1 is 1.62 bits per heavy atom. The largest absolute Gasteiger partial charge is 0.336 e. The van der Waals surface area contributed by atoms with Crippen molar-refractivity contribution in [2.45, 2.75) is 45.6 Å². The van der Waals surface area contributed by atoms with Crippen molar-refractivity contribution in [1.82, 2.24) is 4.90 Å². The van der Waals surface area contributed by atoms with Crippen molar-refractivity contribution in [2.75, 3.05) is 6.54 Å². The number of allylic oxidation sites excluding steroid dienone is 1. The maximum Gasteiger partial charge on any atom is 0.246 e. The highest BCUT2D eigenvalue weighted by Crippen LogP contribution is 2.16. The molecular weight excluding hydrogens is 162 g/mol. The van der Waals surface area contributed by atoms with Gasteiger partial charge in [-0.25, -0.2) is 0 Å². The van der Waals surface area contributed by atoms with E-state index >= 15 is 0 Å². The molecule has 1 atom stereocenters. The van der Waals surface area contributed by atoms with Crippen LogP contribution in [0, 0.1) is 0 Å². The van der Waals surface area contributed by atoms with Gasteiger partial charge < -0.3 is 4.90 Å². The molecule has 1 aliphatic heterocycles. The second kappa shape index (κ2) is 5.05. The van der Waals surface area contributed by atoms with Crippen LogP contribution >= 0.6 is 0 Å². The van der Waals surface area contributed by atoms with Crippen LogP contribution in [0.2, 0.25) is 0 Å². The summed E-state index contributed by atoms with van der Waals surface area (Å²) < 4.78 is 0. The zero-order chi connectivity index (χ0) is 9.68. The van der Waals surface area contributed by atoms with Crippen LogP contribution in [0.5, 0.6) is 0 Å². The third-order valence-corrected chi connectivity index (χ3v) is 2.55. The number of nitrogens with zero attached hydrogens (tertiary/aromatic N) is 1. The zero-order valence-corrected chi connectivity index (χ0v) is 8.62. The Kier molecular flexibility index (Phi) is 4.00. The van der Waals surface area contributed by atoms with Crippen LogP contribution in [0.25, 0.3) is 0 Å². The Morgan fingerprint density at radius 2 is 2.38 bits per heavy atom. The number of carbonyl (C=O) groups is 1. The van der Waals surface area contributed by atoms with E-state index in [1.165, 1.54) is 0 Å². The Balaban J connectivity index is 2.38. The molecule has 0 radical (unpaired) electrons. The SMILES string of the molecule is CCC/C=C/C(=O)N1CCCC1C. The zero-order valence-electron chi connectivity index (χ0n) is 8.62. The van der Waals surface area contributed by atoms with Crippen molar-refractivity contribution >= 4 is 5.91 Å². The fraction of sp³-hybridized carbons (Fsp3) is 0.727. The Labute approximate surface area is 80.6 Å². The molecule has 1 saturated heterocycles. The lowest BCUT2D eigenvalue weighted by Gasteiger charge is -2.19. The van der Waals surface area contributed by atoms with Gasteiger partial charge >= 0.3 is 0 Å². The quantitative estimate of drug-likeness (QED) is 0.612. The molecule has 74 valence electrons. The van der Waals surface area contributed by atoms with E-state index in [0.717, 1.165) is 32.2 Å². The summed E-state index contributed by atoms with van der Waals surface area (Å²) in [6.45, 7) is 5.18. The number of likely N-dealkylation sites (tertiary alicyclic amines) is 1. The number of rotatable bonds is 3. The maximum absolute atomic E-state index is 11.6. The number of amides is 1. The van der Waals surface area contributed by atoms with Gasteiger partial charge in [0.15, 0.2) is 0 Å². The summed E-state index contributed by atoms with van der Waals surface area (Å²) in [5.41, 5.74) is 0. The van der Waals surface area contributed by atoms with E-state index in [-0.39, 0.29) is 5.91 Å². The van der Waals surface area contributed by atoms with Gasteiger partial charge in [0.1, 0.15) is 0 Å². The molecule has 1 amide bonds. The van der Waals surface area contributed by atoms with E-state index in [9.17, 15) is 4.79 Å². The van der Waals surface area contributed by atoms with Gasteiger partial charge in [-0.3, -0.25) is 4.79 Å². The van der Waals surface area contributed by atoms with Crippen molar-refractivity contribution in [3.63, 3.8) is 0 Å². The van der Waals surface area contributed by atoms with Crippen LogP contribution in [0.3, 0.4) is 0 Å². The lowest BCUT2D eigenvalue weighted by Crippen LogP contribution is -2.32. The van der Waals surface area contributed by atoms with E-state index in [0.29, 0.717) is 6.04 Å². The summed E-state index contributed by atoms with van der Waals surface area (Å²) in [6, 6.07) is 0.443. The van der Waals surface area contributed by atoms with Gasteiger partial charge in [0, 0.05) is 12.6 Å². The number of carbonyl (C=O) groups excluding carboxylic acids is 1. The standard InChI is InChI=1S/C11H19NO/c1-3-4-5-8-11(13)12-9-6-7-10(12)2/h5,8,10H,3-4,6-7,9H2,1-2H3/b8-5+. The normalized spacial score (nSPS) is 22.9. The number of hydrogen-bond donors (Lipinski definition) is 0. The molecule has 0 aromatic heterocycles. The van der Waals surface area contributed by atoms with E-state index in [2.05, 4.69) is 13.8 Å². The summed E-state index contributed by atoms with van der Waals surface area (Å²) in [6.07, 6.45) is 8.15. The molecule has 1 fully saturated rings. The van der Waals surface area contributed by atoms with Gasteiger partial charge in [-0.2, -0.15) is 0 Å². The van der Waals surface area contributed by atoms with E-state index < -0.39 is 0 Å². The summed E-state index contributed by atoms with van der Waals surface area (Å²) >= 11 is 0.